The Morgan fingerprint density at radius 1 is 1.18 bits per heavy atom. The van der Waals surface area contributed by atoms with Crippen LogP contribution >= 0.6 is 15.9 Å². The molecule has 0 saturated heterocycles. The topological polar surface area (TPSA) is 59.8 Å². The number of aromatic nitrogens is 3. The molecular weight excluding hydrogens is 344 g/mol. The molecule has 6 heteroatoms. The zero-order valence-corrected chi connectivity index (χ0v) is 13.2. The van der Waals surface area contributed by atoms with Gasteiger partial charge in [0.05, 0.1) is 5.56 Å². The number of pyridine rings is 1. The van der Waals surface area contributed by atoms with E-state index in [9.17, 15) is 4.79 Å². The number of amides is 1. The minimum Gasteiger partial charge on any atom is -0.348 e. The van der Waals surface area contributed by atoms with Crippen LogP contribution < -0.4 is 5.32 Å². The standard InChI is InChI=1S/C16H13BrN4O/c17-14-5-2-1-4-13(14)16(22)19-11-12-6-8-18-15(10-12)21-9-3-7-20-21/h1-10H,11H2,(H,19,22). The van der Waals surface area contributed by atoms with Crippen molar-refractivity contribution in [3.05, 3.63) is 76.7 Å². The molecule has 0 radical (unpaired) electrons. The van der Waals surface area contributed by atoms with Gasteiger partial charge in [0.1, 0.15) is 0 Å². The number of hydrogen-bond donors (Lipinski definition) is 1. The first kappa shape index (κ1) is 14.5. The van der Waals surface area contributed by atoms with Crippen LogP contribution in [0, 0.1) is 0 Å². The molecule has 3 rings (SSSR count). The molecular formula is C16H13BrN4O. The number of halogens is 1. The van der Waals surface area contributed by atoms with Crippen LogP contribution in [-0.4, -0.2) is 20.7 Å². The van der Waals surface area contributed by atoms with E-state index in [0.29, 0.717) is 12.1 Å². The molecule has 0 aliphatic heterocycles. The number of carbonyl (C=O) groups is 1. The smallest absolute Gasteiger partial charge is 0.252 e. The van der Waals surface area contributed by atoms with Crippen molar-refractivity contribution >= 4 is 21.8 Å². The summed E-state index contributed by atoms with van der Waals surface area (Å²) >= 11 is 3.38. The molecule has 0 bridgehead atoms. The molecule has 22 heavy (non-hydrogen) atoms. The van der Waals surface area contributed by atoms with E-state index in [1.54, 1.807) is 23.1 Å². The second-order valence-electron chi connectivity index (χ2n) is 4.64. The van der Waals surface area contributed by atoms with Gasteiger partial charge in [-0.2, -0.15) is 5.10 Å². The lowest BCUT2D eigenvalue weighted by atomic mass is 10.2. The average Bonchev–Trinajstić information content (AvgIpc) is 3.08. The molecule has 0 unspecified atom stereocenters. The van der Waals surface area contributed by atoms with Crippen LogP contribution in [0.1, 0.15) is 15.9 Å². The Kier molecular flexibility index (Phi) is 4.29. The summed E-state index contributed by atoms with van der Waals surface area (Å²) in [6, 6.07) is 12.9. The first-order chi connectivity index (χ1) is 10.7. The molecule has 2 aromatic heterocycles. The third kappa shape index (κ3) is 3.23. The highest BCUT2D eigenvalue weighted by Gasteiger charge is 2.09. The molecule has 0 aliphatic carbocycles. The molecule has 0 spiro atoms. The predicted octanol–water partition coefficient (Wildman–Crippen LogP) is 2.96. The summed E-state index contributed by atoms with van der Waals surface area (Å²) in [6.07, 6.45) is 5.23. The van der Waals surface area contributed by atoms with E-state index in [1.165, 1.54) is 0 Å². The van der Waals surface area contributed by atoms with Gasteiger partial charge in [0.25, 0.3) is 5.91 Å². The Balaban J connectivity index is 1.71. The largest absolute Gasteiger partial charge is 0.348 e. The molecule has 1 aromatic carbocycles. The van der Waals surface area contributed by atoms with Crippen LogP contribution in [-0.2, 0) is 6.54 Å². The van der Waals surface area contributed by atoms with E-state index in [1.807, 2.05) is 42.6 Å². The number of nitrogens with one attached hydrogen (secondary N) is 1. The maximum absolute atomic E-state index is 12.2. The van der Waals surface area contributed by atoms with Crippen molar-refractivity contribution in [3.63, 3.8) is 0 Å². The normalized spacial score (nSPS) is 10.4. The molecule has 0 fully saturated rings. The van der Waals surface area contributed by atoms with E-state index in [-0.39, 0.29) is 5.91 Å². The van der Waals surface area contributed by atoms with Gasteiger partial charge in [0.2, 0.25) is 0 Å². The third-order valence-corrected chi connectivity index (χ3v) is 3.81. The Morgan fingerprint density at radius 2 is 2.05 bits per heavy atom. The predicted molar refractivity (Wildman–Crippen MR) is 86.7 cm³/mol. The van der Waals surface area contributed by atoms with Crippen LogP contribution in [0.15, 0.2) is 65.5 Å². The van der Waals surface area contributed by atoms with E-state index in [2.05, 4.69) is 31.3 Å². The maximum Gasteiger partial charge on any atom is 0.252 e. The van der Waals surface area contributed by atoms with Gasteiger partial charge in [0.15, 0.2) is 5.82 Å². The number of hydrogen-bond acceptors (Lipinski definition) is 3. The van der Waals surface area contributed by atoms with Crippen molar-refractivity contribution in [1.82, 2.24) is 20.1 Å². The highest BCUT2D eigenvalue weighted by atomic mass is 79.9. The van der Waals surface area contributed by atoms with E-state index in [0.717, 1.165) is 15.9 Å². The Bertz CT molecular complexity index is 786. The Labute approximate surface area is 136 Å². The molecule has 0 saturated carbocycles. The van der Waals surface area contributed by atoms with Gasteiger partial charge in [-0.05, 0) is 51.8 Å². The average molecular weight is 357 g/mol. The first-order valence-corrected chi connectivity index (χ1v) is 7.51. The van der Waals surface area contributed by atoms with E-state index < -0.39 is 0 Å². The SMILES string of the molecule is O=C(NCc1ccnc(-n2cccn2)c1)c1ccccc1Br. The molecule has 110 valence electrons. The highest BCUT2D eigenvalue weighted by molar-refractivity contribution is 9.10. The summed E-state index contributed by atoms with van der Waals surface area (Å²) in [7, 11) is 0. The summed E-state index contributed by atoms with van der Waals surface area (Å²) < 4.78 is 2.46. The lowest BCUT2D eigenvalue weighted by Crippen LogP contribution is -2.23. The molecule has 5 nitrogen and oxygen atoms in total. The maximum atomic E-state index is 12.2. The van der Waals surface area contributed by atoms with Gasteiger partial charge in [-0.15, -0.1) is 0 Å². The Hall–Kier alpha value is -2.47. The monoisotopic (exact) mass is 356 g/mol. The van der Waals surface area contributed by atoms with Crippen LogP contribution in [0.25, 0.3) is 5.82 Å². The summed E-state index contributed by atoms with van der Waals surface area (Å²) in [5.41, 5.74) is 1.57. The molecule has 1 N–H and O–H groups in total. The van der Waals surface area contributed by atoms with Gasteiger partial charge in [-0.1, -0.05) is 12.1 Å². The van der Waals surface area contributed by atoms with Crippen LogP contribution in [0.2, 0.25) is 0 Å². The van der Waals surface area contributed by atoms with Gasteiger partial charge in [-0.3, -0.25) is 4.79 Å². The quantitative estimate of drug-likeness (QED) is 0.781. The Morgan fingerprint density at radius 3 is 2.82 bits per heavy atom. The zero-order valence-electron chi connectivity index (χ0n) is 11.6. The van der Waals surface area contributed by atoms with Gasteiger partial charge < -0.3 is 5.32 Å². The number of rotatable bonds is 4. The zero-order chi connectivity index (χ0) is 15.4. The van der Waals surface area contributed by atoms with Gasteiger partial charge in [0, 0.05) is 29.6 Å². The van der Waals surface area contributed by atoms with Gasteiger partial charge in [-0.25, -0.2) is 9.67 Å². The summed E-state index contributed by atoms with van der Waals surface area (Å²) in [4.78, 5) is 16.4. The van der Waals surface area contributed by atoms with Crippen molar-refractivity contribution in [2.45, 2.75) is 6.54 Å². The van der Waals surface area contributed by atoms with Crippen LogP contribution in [0.5, 0.6) is 0 Å². The van der Waals surface area contributed by atoms with Crippen molar-refractivity contribution in [2.24, 2.45) is 0 Å². The molecule has 3 aromatic rings. The summed E-state index contributed by atoms with van der Waals surface area (Å²) in [6.45, 7) is 0.428. The first-order valence-electron chi connectivity index (χ1n) is 6.72. The summed E-state index contributed by atoms with van der Waals surface area (Å²) in [5.74, 6) is 0.600. The molecule has 1 amide bonds. The minimum absolute atomic E-state index is 0.120. The summed E-state index contributed by atoms with van der Waals surface area (Å²) in [5, 5.41) is 7.04. The number of carbonyl (C=O) groups excluding carboxylic acids is 1. The lowest BCUT2D eigenvalue weighted by Gasteiger charge is -2.08. The van der Waals surface area contributed by atoms with Gasteiger partial charge >= 0.3 is 0 Å². The van der Waals surface area contributed by atoms with Crippen molar-refractivity contribution in [1.29, 1.82) is 0 Å². The van der Waals surface area contributed by atoms with Crippen LogP contribution in [0.4, 0.5) is 0 Å². The van der Waals surface area contributed by atoms with E-state index in [4.69, 9.17) is 0 Å². The molecule has 0 atom stereocenters. The fraction of sp³-hybridized carbons (Fsp3) is 0.0625. The lowest BCUT2D eigenvalue weighted by molar-refractivity contribution is 0.0950. The second kappa shape index (κ2) is 6.53. The van der Waals surface area contributed by atoms with Crippen molar-refractivity contribution in [3.8, 4) is 5.82 Å². The van der Waals surface area contributed by atoms with Crippen molar-refractivity contribution in [2.75, 3.05) is 0 Å². The number of benzene rings is 1. The highest BCUT2D eigenvalue weighted by Crippen LogP contribution is 2.15. The second-order valence-corrected chi connectivity index (χ2v) is 5.49. The molecule has 0 aliphatic rings. The molecule has 2 heterocycles. The van der Waals surface area contributed by atoms with Crippen molar-refractivity contribution < 1.29 is 4.79 Å². The third-order valence-electron chi connectivity index (χ3n) is 3.12. The van der Waals surface area contributed by atoms with E-state index >= 15 is 0 Å². The number of nitrogens with zero attached hydrogens (tertiary/aromatic N) is 3. The fourth-order valence-electron chi connectivity index (χ4n) is 2.02. The minimum atomic E-state index is -0.120. The van der Waals surface area contributed by atoms with Crippen LogP contribution in [0.3, 0.4) is 0 Å². The fourth-order valence-corrected chi connectivity index (χ4v) is 2.49.